The van der Waals surface area contributed by atoms with E-state index in [9.17, 15) is 0 Å². The number of nitrogens with zero attached hydrogens (tertiary/aromatic N) is 4. The standard InChI is InChI=1S/C45H30N4.Cu/c1-29-28-40-43(32-18-10-4-11-19-32)38-25-24-36(47-38)41(30-14-6-2-7-15-30)34-22-23-35(46-34)42(31-16-8-3-9-17-31)37-26-27-39(48-37)44(45(29)49-40)33-20-12-5-13-21-33;/h2-28H,1H3;/q-2;+2. The van der Waals surface area contributed by atoms with Crippen molar-refractivity contribution in [1.29, 1.82) is 0 Å². The van der Waals surface area contributed by atoms with Gasteiger partial charge in [-0.1, -0.05) is 146 Å². The van der Waals surface area contributed by atoms with Crippen LogP contribution in [0.3, 0.4) is 0 Å². The van der Waals surface area contributed by atoms with Crippen LogP contribution in [0.4, 0.5) is 0 Å². The van der Waals surface area contributed by atoms with Gasteiger partial charge in [0.15, 0.2) is 0 Å². The first-order valence-electron chi connectivity index (χ1n) is 16.5. The van der Waals surface area contributed by atoms with E-state index < -0.39 is 0 Å². The maximum absolute atomic E-state index is 5.41. The average Bonchev–Trinajstić information content (AvgIpc) is 3.98. The molecule has 0 fully saturated rings. The van der Waals surface area contributed by atoms with Crippen LogP contribution >= 0.6 is 0 Å². The summed E-state index contributed by atoms with van der Waals surface area (Å²) in [7, 11) is 0. The summed E-state index contributed by atoms with van der Waals surface area (Å²) in [6.07, 6.45) is 6.40. The second kappa shape index (κ2) is 13.1. The zero-order valence-corrected chi connectivity index (χ0v) is 28.1. The van der Waals surface area contributed by atoms with Crippen LogP contribution in [0.1, 0.15) is 29.7 Å². The van der Waals surface area contributed by atoms with Crippen molar-refractivity contribution in [2.75, 3.05) is 0 Å². The Kier molecular flexibility index (Phi) is 8.21. The second-order valence-corrected chi connectivity index (χ2v) is 12.3. The summed E-state index contributed by atoms with van der Waals surface area (Å²) in [6.45, 7) is 2.14. The van der Waals surface area contributed by atoms with Crippen molar-refractivity contribution in [3.05, 3.63) is 168 Å². The summed E-state index contributed by atoms with van der Waals surface area (Å²) >= 11 is 0. The van der Waals surface area contributed by atoms with Crippen LogP contribution in [0.15, 0.2) is 146 Å². The molecule has 0 spiro atoms. The number of hydrogen-bond acceptors (Lipinski definition) is 2. The van der Waals surface area contributed by atoms with E-state index in [-0.39, 0.29) is 17.1 Å². The van der Waals surface area contributed by atoms with Crippen LogP contribution in [0.25, 0.3) is 90.4 Å². The Morgan fingerprint density at radius 1 is 0.380 bits per heavy atom. The smallest absolute Gasteiger partial charge is 0.657 e. The fourth-order valence-corrected chi connectivity index (χ4v) is 6.92. The Balaban J connectivity index is 0.00000361. The molecule has 5 heterocycles. The molecule has 7 aromatic rings. The minimum atomic E-state index is 0. The zero-order valence-electron chi connectivity index (χ0n) is 27.2. The zero-order chi connectivity index (χ0) is 32.7. The van der Waals surface area contributed by atoms with Crippen molar-refractivity contribution >= 4 is 45.9 Å². The van der Waals surface area contributed by atoms with Gasteiger partial charge in [0.2, 0.25) is 0 Å². The van der Waals surface area contributed by atoms with Gasteiger partial charge in [-0.2, -0.15) is 0 Å². The minimum Gasteiger partial charge on any atom is -0.657 e. The van der Waals surface area contributed by atoms with Crippen LogP contribution in [-0.2, 0) is 17.1 Å². The molecule has 2 aliphatic heterocycles. The topological polar surface area (TPSA) is 54.0 Å². The van der Waals surface area contributed by atoms with Crippen molar-refractivity contribution in [2.45, 2.75) is 6.92 Å². The molecule has 0 atom stereocenters. The van der Waals surface area contributed by atoms with Gasteiger partial charge in [-0.05, 0) is 75.2 Å². The summed E-state index contributed by atoms with van der Waals surface area (Å²) in [5, 5.41) is 0. The third-order valence-electron chi connectivity index (χ3n) is 9.16. The molecule has 0 saturated heterocycles. The van der Waals surface area contributed by atoms with Gasteiger partial charge < -0.3 is 9.97 Å². The minimum absolute atomic E-state index is 0. The average molecular weight is 690 g/mol. The van der Waals surface area contributed by atoms with Crippen LogP contribution in [0.2, 0.25) is 0 Å². The fourth-order valence-electron chi connectivity index (χ4n) is 6.92. The van der Waals surface area contributed by atoms with E-state index in [1.54, 1.807) is 0 Å². The molecule has 50 heavy (non-hydrogen) atoms. The monoisotopic (exact) mass is 689 g/mol. The quantitative estimate of drug-likeness (QED) is 0.173. The number of rotatable bonds is 4. The van der Waals surface area contributed by atoms with Crippen LogP contribution in [-0.4, -0.2) is 9.97 Å². The number of fused-ring (bicyclic) bond motifs is 8. The van der Waals surface area contributed by atoms with Gasteiger partial charge >= 0.3 is 17.1 Å². The van der Waals surface area contributed by atoms with Crippen molar-refractivity contribution in [2.24, 2.45) is 0 Å². The number of aromatic nitrogens is 4. The van der Waals surface area contributed by atoms with Crippen molar-refractivity contribution in [1.82, 2.24) is 19.9 Å². The molecule has 1 radical (unpaired) electrons. The Morgan fingerprint density at radius 2 is 0.720 bits per heavy atom. The summed E-state index contributed by atoms with van der Waals surface area (Å²) < 4.78 is 0. The van der Waals surface area contributed by atoms with E-state index in [1.165, 1.54) is 0 Å². The van der Waals surface area contributed by atoms with Gasteiger partial charge in [-0.3, -0.25) is 0 Å². The first-order valence-corrected chi connectivity index (χ1v) is 16.5. The third kappa shape index (κ3) is 5.53. The molecule has 4 nitrogen and oxygen atoms in total. The summed E-state index contributed by atoms with van der Waals surface area (Å²) in [5.74, 6) is 0. The molecule has 0 saturated carbocycles. The number of allylic oxidation sites excluding steroid dienone is 1. The van der Waals surface area contributed by atoms with E-state index in [0.717, 1.165) is 94.9 Å². The molecule has 241 valence electrons. The fraction of sp³-hybridized carbons (Fsp3) is 0.0222. The predicted molar refractivity (Wildman–Crippen MR) is 203 cm³/mol. The van der Waals surface area contributed by atoms with Crippen molar-refractivity contribution < 1.29 is 17.1 Å². The third-order valence-corrected chi connectivity index (χ3v) is 9.16. The van der Waals surface area contributed by atoms with Crippen LogP contribution < -0.4 is 9.97 Å². The molecule has 0 amide bonds. The van der Waals surface area contributed by atoms with Gasteiger partial charge in [0.1, 0.15) is 0 Å². The van der Waals surface area contributed by atoms with Gasteiger partial charge in [-0.25, -0.2) is 9.97 Å². The molecule has 5 heteroatoms. The largest absolute Gasteiger partial charge is 2.00 e. The normalized spacial score (nSPS) is 12.0. The van der Waals surface area contributed by atoms with Crippen LogP contribution in [0.5, 0.6) is 0 Å². The maximum Gasteiger partial charge on any atom is 2.00 e. The Bertz CT molecular complexity index is 2580. The molecule has 2 aliphatic rings. The molecule has 0 N–H and O–H groups in total. The SMILES string of the molecule is CC1=Cc2nc1c(-c1ccccc1)c1ccc([n-]1)c(-c1ccccc1)c1nc(c(-c3ccccc3)c3ccc([n-]3)c2-c2ccccc2)C=C1.[Cu+2]. The Labute approximate surface area is 301 Å². The number of hydrogen-bond donors (Lipinski definition) is 0. The molecular weight excluding hydrogens is 660 g/mol. The Hall–Kier alpha value is -6.00. The van der Waals surface area contributed by atoms with E-state index in [4.69, 9.17) is 19.9 Å². The van der Waals surface area contributed by atoms with E-state index in [2.05, 4.69) is 146 Å². The molecule has 8 bridgehead atoms. The number of benzene rings is 4. The van der Waals surface area contributed by atoms with E-state index >= 15 is 0 Å². The molecule has 0 aliphatic carbocycles. The van der Waals surface area contributed by atoms with Crippen molar-refractivity contribution in [3.8, 4) is 44.5 Å². The summed E-state index contributed by atoms with van der Waals surface area (Å²) in [6, 6.07) is 50.2. The summed E-state index contributed by atoms with van der Waals surface area (Å²) in [5.41, 5.74) is 16.2. The summed E-state index contributed by atoms with van der Waals surface area (Å²) in [4.78, 5) is 21.4. The predicted octanol–water partition coefficient (Wildman–Crippen LogP) is 11.0. The van der Waals surface area contributed by atoms with Gasteiger partial charge in [0, 0.05) is 0 Å². The Morgan fingerprint density at radius 3 is 1.12 bits per heavy atom. The second-order valence-electron chi connectivity index (χ2n) is 12.3. The molecule has 4 aromatic carbocycles. The maximum atomic E-state index is 5.41. The molecule has 0 unspecified atom stereocenters. The first kappa shape index (κ1) is 31.3. The van der Waals surface area contributed by atoms with Gasteiger partial charge in [0.05, 0.1) is 22.8 Å². The van der Waals surface area contributed by atoms with Crippen LogP contribution in [0, 0.1) is 0 Å². The molecular formula is C45H30CuN4. The van der Waals surface area contributed by atoms with E-state index in [0.29, 0.717) is 0 Å². The van der Waals surface area contributed by atoms with E-state index in [1.807, 2.05) is 24.3 Å². The molecule has 3 aromatic heterocycles. The van der Waals surface area contributed by atoms with Crippen molar-refractivity contribution in [3.63, 3.8) is 0 Å². The molecule has 9 rings (SSSR count). The van der Waals surface area contributed by atoms with Gasteiger partial charge in [0.25, 0.3) is 0 Å². The first-order chi connectivity index (χ1) is 24.2. The van der Waals surface area contributed by atoms with Gasteiger partial charge in [-0.15, -0.1) is 22.1 Å².